The first-order valence-electron chi connectivity index (χ1n) is 10.1. The molecule has 1 saturated heterocycles. The second kappa shape index (κ2) is 8.94. The van der Waals surface area contributed by atoms with Crippen LogP contribution in [0.15, 0.2) is 42.5 Å². The Morgan fingerprint density at radius 3 is 2.31 bits per heavy atom. The van der Waals surface area contributed by atoms with Gasteiger partial charge in [0.2, 0.25) is 0 Å². The van der Waals surface area contributed by atoms with Gasteiger partial charge in [0.25, 0.3) is 11.6 Å². The lowest BCUT2D eigenvalue weighted by molar-refractivity contribution is -0.383. The van der Waals surface area contributed by atoms with E-state index in [1.54, 1.807) is 12.1 Å². The molecule has 0 bridgehead atoms. The fourth-order valence-corrected chi connectivity index (χ4v) is 3.57. The van der Waals surface area contributed by atoms with E-state index in [2.05, 4.69) is 24.1 Å². The molecule has 0 saturated carbocycles. The summed E-state index contributed by atoms with van der Waals surface area (Å²) in [4.78, 5) is 27.7. The van der Waals surface area contributed by atoms with Gasteiger partial charge >= 0.3 is 0 Å². The molecular weight excluding hydrogens is 368 g/mol. The highest BCUT2D eigenvalue weighted by Gasteiger charge is 2.24. The van der Waals surface area contributed by atoms with Gasteiger partial charge in [-0.05, 0) is 42.7 Å². The van der Waals surface area contributed by atoms with Crippen LogP contribution in [-0.4, -0.2) is 48.5 Å². The largest absolute Gasteiger partial charge is 0.380 e. The zero-order valence-corrected chi connectivity index (χ0v) is 17.2. The Bertz CT molecular complexity index is 872. The van der Waals surface area contributed by atoms with Gasteiger partial charge in [0, 0.05) is 50.0 Å². The molecule has 7 nitrogen and oxygen atoms in total. The van der Waals surface area contributed by atoms with Crippen molar-refractivity contribution in [3.63, 3.8) is 0 Å². The summed E-state index contributed by atoms with van der Waals surface area (Å²) in [6, 6.07) is 13.0. The van der Waals surface area contributed by atoms with Gasteiger partial charge in [-0.1, -0.05) is 26.0 Å². The maximum atomic E-state index is 12.8. The second-order valence-corrected chi connectivity index (χ2v) is 7.54. The average Bonchev–Trinajstić information content (AvgIpc) is 2.73. The Hall–Kier alpha value is -3.09. The number of amides is 1. The molecule has 1 aliphatic heterocycles. The van der Waals surface area contributed by atoms with Gasteiger partial charge in [0.05, 0.1) is 4.92 Å². The molecule has 2 aromatic carbocycles. The van der Waals surface area contributed by atoms with Crippen molar-refractivity contribution < 1.29 is 9.72 Å². The number of nitrogens with one attached hydrogen (secondary N) is 1. The van der Waals surface area contributed by atoms with Crippen LogP contribution in [0.1, 0.15) is 42.6 Å². The number of hydrogen-bond donors (Lipinski definition) is 1. The van der Waals surface area contributed by atoms with E-state index in [0.717, 1.165) is 5.69 Å². The van der Waals surface area contributed by atoms with Gasteiger partial charge in [-0.15, -0.1) is 0 Å². The van der Waals surface area contributed by atoms with Crippen molar-refractivity contribution >= 4 is 23.0 Å². The van der Waals surface area contributed by atoms with Crippen LogP contribution < -0.4 is 10.2 Å². The van der Waals surface area contributed by atoms with Gasteiger partial charge in [-0.2, -0.15) is 0 Å². The molecule has 1 aliphatic rings. The lowest BCUT2D eigenvalue weighted by atomic mass is 10.0. The van der Waals surface area contributed by atoms with E-state index in [9.17, 15) is 14.9 Å². The quantitative estimate of drug-likeness (QED) is 0.587. The van der Waals surface area contributed by atoms with Crippen molar-refractivity contribution in [1.29, 1.82) is 0 Å². The van der Waals surface area contributed by atoms with Gasteiger partial charge in [-0.3, -0.25) is 14.9 Å². The number of rotatable bonds is 6. The van der Waals surface area contributed by atoms with Crippen molar-refractivity contribution in [2.75, 3.05) is 42.9 Å². The number of benzene rings is 2. The monoisotopic (exact) mass is 396 g/mol. The summed E-state index contributed by atoms with van der Waals surface area (Å²) < 4.78 is 0. The first-order valence-corrected chi connectivity index (χ1v) is 10.1. The lowest BCUT2D eigenvalue weighted by Gasteiger charge is -2.36. The number of carbonyl (C=O) groups excluding carboxylic acids is 1. The molecule has 0 atom stereocenters. The Balaban J connectivity index is 1.66. The zero-order valence-electron chi connectivity index (χ0n) is 17.2. The summed E-state index contributed by atoms with van der Waals surface area (Å²) in [5, 5.41) is 14.3. The van der Waals surface area contributed by atoms with Gasteiger partial charge in [0.1, 0.15) is 5.69 Å². The Morgan fingerprint density at radius 1 is 1.10 bits per heavy atom. The van der Waals surface area contributed by atoms with Crippen LogP contribution in [0.4, 0.5) is 17.1 Å². The zero-order chi connectivity index (χ0) is 21.0. The van der Waals surface area contributed by atoms with Crippen molar-refractivity contribution in [2.45, 2.75) is 26.7 Å². The van der Waals surface area contributed by atoms with E-state index in [0.29, 0.717) is 49.9 Å². The molecule has 2 aromatic rings. The Kier molecular flexibility index (Phi) is 6.36. The highest BCUT2D eigenvalue weighted by Crippen LogP contribution is 2.30. The molecule has 0 aromatic heterocycles. The van der Waals surface area contributed by atoms with Crippen molar-refractivity contribution in [3.05, 3.63) is 63.7 Å². The number of nitrogens with zero attached hydrogens (tertiary/aromatic N) is 3. The number of anilines is 2. The first kappa shape index (κ1) is 20.6. The smallest absolute Gasteiger partial charge is 0.292 e. The van der Waals surface area contributed by atoms with Crippen LogP contribution in [0.25, 0.3) is 0 Å². The first-order chi connectivity index (χ1) is 13.9. The van der Waals surface area contributed by atoms with Crippen LogP contribution in [0, 0.1) is 10.1 Å². The third-order valence-corrected chi connectivity index (χ3v) is 5.30. The van der Waals surface area contributed by atoms with Crippen molar-refractivity contribution in [3.8, 4) is 0 Å². The molecule has 29 heavy (non-hydrogen) atoms. The minimum Gasteiger partial charge on any atom is -0.380 e. The molecule has 3 rings (SSSR count). The summed E-state index contributed by atoms with van der Waals surface area (Å²) in [7, 11) is 0. The Morgan fingerprint density at radius 2 is 1.76 bits per heavy atom. The highest BCUT2D eigenvalue weighted by atomic mass is 16.6. The lowest BCUT2D eigenvalue weighted by Crippen LogP contribution is -2.48. The molecule has 1 heterocycles. The minimum absolute atomic E-state index is 0.0528. The molecule has 1 amide bonds. The molecule has 0 aliphatic carbocycles. The van der Waals surface area contributed by atoms with Gasteiger partial charge in [0.15, 0.2) is 0 Å². The van der Waals surface area contributed by atoms with Crippen LogP contribution in [0.5, 0.6) is 0 Å². The topological polar surface area (TPSA) is 78.7 Å². The highest BCUT2D eigenvalue weighted by molar-refractivity contribution is 5.94. The fourth-order valence-electron chi connectivity index (χ4n) is 3.57. The van der Waals surface area contributed by atoms with Crippen molar-refractivity contribution in [2.24, 2.45) is 0 Å². The number of nitro groups is 1. The summed E-state index contributed by atoms with van der Waals surface area (Å²) in [5.74, 6) is 0.494. The number of hydrogen-bond acceptors (Lipinski definition) is 5. The predicted octanol–water partition coefficient (Wildman–Crippen LogP) is 4.11. The maximum absolute atomic E-state index is 12.8. The van der Waals surface area contributed by atoms with Crippen LogP contribution >= 0.6 is 0 Å². The van der Waals surface area contributed by atoms with E-state index in [4.69, 9.17) is 0 Å². The number of carbonyl (C=O) groups is 1. The van der Waals surface area contributed by atoms with E-state index >= 15 is 0 Å². The summed E-state index contributed by atoms with van der Waals surface area (Å²) >= 11 is 0. The molecule has 1 N–H and O–H groups in total. The van der Waals surface area contributed by atoms with Crippen LogP contribution in [0.2, 0.25) is 0 Å². The third kappa shape index (κ3) is 4.67. The third-order valence-electron chi connectivity index (χ3n) is 5.30. The molecule has 0 unspecified atom stereocenters. The molecule has 154 valence electrons. The van der Waals surface area contributed by atoms with Gasteiger partial charge < -0.3 is 15.1 Å². The van der Waals surface area contributed by atoms with E-state index < -0.39 is 0 Å². The number of nitro benzene ring substituents is 1. The van der Waals surface area contributed by atoms with Gasteiger partial charge in [-0.25, -0.2) is 0 Å². The second-order valence-electron chi connectivity index (χ2n) is 7.54. The molecule has 7 heteroatoms. The van der Waals surface area contributed by atoms with E-state index in [1.165, 1.54) is 5.56 Å². The molecule has 0 spiro atoms. The maximum Gasteiger partial charge on any atom is 0.292 e. The Labute approximate surface area is 171 Å². The van der Waals surface area contributed by atoms with Crippen molar-refractivity contribution in [1.82, 2.24) is 4.90 Å². The van der Waals surface area contributed by atoms with E-state index in [-0.39, 0.29) is 16.5 Å². The molecular formula is C22H28N4O3. The predicted molar refractivity (Wildman–Crippen MR) is 116 cm³/mol. The van der Waals surface area contributed by atoms with E-state index in [1.807, 2.05) is 42.2 Å². The molecule has 1 fully saturated rings. The molecule has 0 radical (unpaired) electrons. The van der Waals surface area contributed by atoms with Crippen LogP contribution in [0.3, 0.4) is 0 Å². The fraction of sp³-hybridized carbons (Fsp3) is 0.409. The SMILES string of the molecule is CCNc1cc(N2CCN(C(=O)c3ccc(C(C)C)cc3)CC2)ccc1[N+](=O)[O-]. The standard InChI is InChI=1S/C22H28N4O3/c1-4-23-20-15-19(9-10-21(20)26(28)29)24-11-13-25(14-12-24)22(27)18-7-5-17(6-8-18)16(2)3/h5-10,15-16,23H,4,11-14H2,1-3H3. The minimum atomic E-state index is -0.372. The normalized spacial score (nSPS) is 14.2. The summed E-state index contributed by atoms with van der Waals surface area (Å²) in [6.07, 6.45) is 0. The number of piperazine rings is 1. The summed E-state index contributed by atoms with van der Waals surface area (Å²) in [6.45, 7) is 9.43. The van der Waals surface area contributed by atoms with Crippen LogP contribution in [-0.2, 0) is 0 Å². The average molecular weight is 396 g/mol. The summed E-state index contributed by atoms with van der Waals surface area (Å²) in [5.41, 5.74) is 3.47.